The average Bonchev–Trinajstić information content (AvgIpc) is 2.58. The SMILES string of the molecule is Cc1ccc(/C=C/C(=O)OCC(=O)c2ccc(NS(C)(=O)=O)cc2)cc1. The van der Waals surface area contributed by atoms with Gasteiger partial charge < -0.3 is 4.74 Å². The molecule has 2 aromatic carbocycles. The van der Waals surface area contributed by atoms with E-state index < -0.39 is 22.6 Å². The molecule has 0 heterocycles. The van der Waals surface area contributed by atoms with Crippen molar-refractivity contribution < 1.29 is 22.7 Å². The minimum absolute atomic E-state index is 0.319. The Hall–Kier alpha value is -2.93. The molecule has 0 bridgehead atoms. The molecule has 0 aliphatic heterocycles. The van der Waals surface area contributed by atoms with Crippen LogP contribution in [0.4, 0.5) is 5.69 Å². The molecule has 136 valence electrons. The molecule has 0 amide bonds. The predicted molar refractivity (Wildman–Crippen MR) is 100 cm³/mol. The van der Waals surface area contributed by atoms with E-state index in [0.717, 1.165) is 17.4 Å². The Labute approximate surface area is 152 Å². The zero-order chi connectivity index (χ0) is 19.2. The Bertz CT molecular complexity index is 913. The molecule has 6 nitrogen and oxygen atoms in total. The Morgan fingerprint density at radius 1 is 1.04 bits per heavy atom. The third kappa shape index (κ3) is 6.52. The number of carbonyl (C=O) groups excluding carboxylic acids is 2. The third-order valence-corrected chi connectivity index (χ3v) is 3.95. The lowest BCUT2D eigenvalue weighted by atomic mass is 10.1. The van der Waals surface area contributed by atoms with E-state index in [1.807, 2.05) is 31.2 Å². The molecule has 0 fully saturated rings. The van der Waals surface area contributed by atoms with Crippen molar-refractivity contribution in [3.63, 3.8) is 0 Å². The summed E-state index contributed by atoms with van der Waals surface area (Å²) in [6.07, 6.45) is 3.91. The molecule has 2 aromatic rings. The van der Waals surface area contributed by atoms with Gasteiger partial charge in [0, 0.05) is 17.3 Å². The van der Waals surface area contributed by atoms with Crippen molar-refractivity contribution >= 4 is 33.5 Å². The molecule has 1 N–H and O–H groups in total. The van der Waals surface area contributed by atoms with Gasteiger partial charge in [0.25, 0.3) is 0 Å². The topological polar surface area (TPSA) is 89.5 Å². The number of ether oxygens (including phenoxy) is 1. The number of benzene rings is 2. The average molecular weight is 373 g/mol. The zero-order valence-electron chi connectivity index (χ0n) is 14.4. The highest BCUT2D eigenvalue weighted by atomic mass is 32.2. The standard InChI is InChI=1S/C19H19NO5S/c1-14-3-5-15(6-4-14)7-12-19(22)25-13-18(21)16-8-10-17(11-9-16)20-26(2,23)24/h3-12,20H,13H2,1-2H3/b12-7+. The number of Topliss-reactive ketones (excluding diaryl/α,β-unsaturated/α-hetero) is 1. The smallest absolute Gasteiger partial charge is 0.331 e. The van der Waals surface area contributed by atoms with Crippen LogP contribution in [0.25, 0.3) is 6.08 Å². The van der Waals surface area contributed by atoms with Gasteiger partial charge in [0.15, 0.2) is 12.4 Å². The normalized spacial score (nSPS) is 11.3. The van der Waals surface area contributed by atoms with Crippen LogP contribution in [0.2, 0.25) is 0 Å². The van der Waals surface area contributed by atoms with E-state index in [1.165, 1.54) is 30.3 Å². The van der Waals surface area contributed by atoms with Gasteiger partial charge >= 0.3 is 5.97 Å². The molecule has 0 aliphatic rings. The van der Waals surface area contributed by atoms with E-state index in [0.29, 0.717) is 11.3 Å². The van der Waals surface area contributed by atoms with E-state index in [4.69, 9.17) is 4.74 Å². The summed E-state index contributed by atoms with van der Waals surface area (Å²) in [6, 6.07) is 13.5. The summed E-state index contributed by atoms with van der Waals surface area (Å²) in [5.74, 6) is -0.998. The number of nitrogens with one attached hydrogen (secondary N) is 1. The molecule has 0 radical (unpaired) electrons. The number of esters is 1. The first-order valence-electron chi connectivity index (χ1n) is 7.75. The first-order valence-corrected chi connectivity index (χ1v) is 9.65. The van der Waals surface area contributed by atoms with E-state index in [-0.39, 0.29) is 5.78 Å². The van der Waals surface area contributed by atoms with Crippen LogP contribution in [0.3, 0.4) is 0 Å². The van der Waals surface area contributed by atoms with E-state index in [9.17, 15) is 18.0 Å². The Morgan fingerprint density at radius 3 is 2.23 bits per heavy atom. The highest BCUT2D eigenvalue weighted by Gasteiger charge is 2.09. The van der Waals surface area contributed by atoms with Crippen LogP contribution in [0, 0.1) is 6.92 Å². The van der Waals surface area contributed by atoms with Crippen molar-refractivity contribution in [1.29, 1.82) is 0 Å². The summed E-state index contributed by atoms with van der Waals surface area (Å²) >= 11 is 0. The van der Waals surface area contributed by atoms with E-state index in [2.05, 4.69) is 4.72 Å². The second kappa shape index (κ2) is 8.44. The molecule has 0 atom stereocenters. The van der Waals surface area contributed by atoms with Crippen LogP contribution in [-0.2, 0) is 19.6 Å². The third-order valence-electron chi connectivity index (χ3n) is 3.34. The largest absolute Gasteiger partial charge is 0.454 e. The number of hydrogen-bond donors (Lipinski definition) is 1. The number of aryl methyl sites for hydroxylation is 1. The molecular weight excluding hydrogens is 354 g/mol. The second-order valence-corrected chi connectivity index (χ2v) is 7.47. The van der Waals surface area contributed by atoms with Crippen molar-refractivity contribution in [2.75, 3.05) is 17.6 Å². The van der Waals surface area contributed by atoms with Crippen molar-refractivity contribution in [2.24, 2.45) is 0 Å². The molecular formula is C19H19NO5S. The van der Waals surface area contributed by atoms with Gasteiger partial charge in [0.2, 0.25) is 10.0 Å². The van der Waals surface area contributed by atoms with Crippen LogP contribution < -0.4 is 4.72 Å². The number of carbonyl (C=O) groups is 2. The van der Waals surface area contributed by atoms with Gasteiger partial charge in [-0.05, 0) is 42.8 Å². The fourth-order valence-corrected chi connectivity index (χ4v) is 2.61. The first kappa shape index (κ1) is 19.4. The summed E-state index contributed by atoms with van der Waals surface area (Å²) in [6.45, 7) is 1.58. The van der Waals surface area contributed by atoms with Gasteiger partial charge in [-0.15, -0.1) is 0 Å². The summed E-state index contributed by atoms with van der Waals surface area (Å²) in [4.78, 5) is 23.7. The molecule has 0 aliphatic carbocycles. The maximum Gasteiger partial charge on any atom is 0.331 e. The summed E-state index contributed by atoms with van der Waals surface area (Å²) in [7, 11) is -3.38. The van der Waals surface area contributed by atoms with Crippen LogP contribution in [0.1, 0.15) is 21.5 Å². The van der Waals surface area contributed by atoms with Gasteiger partial charge in [-0.1, -0.05) is 29.8 Å². The minimum atomic E-state index is -3.38. The lowest BCUT2D eigenvalue weighted by molar-refractivity contribution is -0.136. The molecule has 0 saturated heterocycles. The van der Waals surface area contributed by atoms with Gasteiger partial charge in [0.05, 0.1) is 6.26 Å². The predicted octanol–water partition coefficient (Wildman–Crippen LogP) is 2.81. The lowest BCUT2D eigenvalue weighted by Gasteiger charge is -2.05. The van der Waals surface area contributed by atoms with Crippen molar-refractivity contribution in [3.05, 3.63) is 71.3 Å². The Balaban J connectivity index is 1.87. The van der Waals surface area contributed by atoms with Crippen molar-refractivity contribution in [1.82, 2.24) is 0 Å². The van der Waals surface area contributed by atoms with E-state index in [1.54, 1.807) is 6.08 Å². The molecule has 0 unspecified atom stereocenters. The lowest BCUT2D eigenvalue weighted by Crippen LogP contribution is -2.13. The maximum absolute atomic E-state index is 12.0. The van der Waals surface area contributed by atoms with Crippen molar-refractivity contribution in [3.8, 4) is 0 Å². The summed E-state index contributed by atoms with van der Waals surface area (Å²) in [5.41, 5.74) is 2.64. The molecule has 2 rings (SSSR count). The zero-order valence-corrected chi connectivity index (χ0v) is 15.2. The number of hydrogen-bond acceptors (Lipinski definition) is 5. The molecule has 0 aromatic heterocycles. The number of rotatable bonds is 7. The second-order valence-electron chi connectivity index (χ2n) is 5.73. The van der Waals surface area contributed by atoms with Gasteiger partial charge in [-0.2, -0.15) is 0 Å². The van der Waals surface area contributed by atoms with Crippen LogP contribution in [0.5, 0.6) is 0 Å². The van der Waals surface area contributed by atoms with Crippen LogP contribution in [-0.4, -0.2) is 33.0 Å². The Kier molecular flexibility index (Phi) is 6.30. The Morgan fingerprint density at radius 2 is 1.65 bits per heavy atom. The highest BCUT2D eigenvalue weighted by Crippen LogP contribution is 2.11. The molecule has 0 saturated carbocycles. The summed E-state index contributed by atoms with van der Waals surface area (Å²) in [5, 5.41) is 0. The van der Waals surface area contributed by atoms with E-state index >= 15 is 0 Å². The van der Waals surface area contributed by atoms with Gasteiger partial charge in [-0.3, -0.25) is 9.52 Å². The van der Waals surface area contributed by atoms with Gasteiger partial charge in [-0.25, -0.2) is 13.2 Å². The summed E-state index contributed by atoms with van der Waals surface area (Å²) < 4.78 is 29.5. The van der Waals surface area contributed by atoms with Crippen molar-refractivity contribution in [2.45, 2.75) is 6.92 Å². The first-order chi connectivity index (χ1) is 12.2. The molecule has 26 heavy (non-hydrogen) atoms. The molecule has 7 heteroatoms. The number of ketones is 1. The fourth-order valence-electron chi connectivity index (χ4n) is 2.05. The quantitative estimate of drug-likeness (QED) is 0.458. The number of sulfonamides is 1. The highest BCUT2D eigenvalue weighted by molar-refractivity contribution is 7.92. The number of anilines is 1. The monoisotopic (exact) mass is 373 g/mol. The van der Waals surface area contributed by atoms with Crippen LogP contribution in [0.15, 0.2) is 54.6 Å². The maximum atomic E-state index is 12.0. The van der Waals surface area contributed by atoms with Crippen LogP contribution >= 0.6 is 0 Å². The fraction of sp³-hybridized carbons (Fsp3) is 0.158. The molecule has 0 spiro atoms. The van der Waals surface area contributed by atoms with Gasteiger partial charge in [0.1, 0.15) is 0 Å². The minimum Gasteiger partial charge on any atom is -0.454 e.